The van der Waals surface area contributed by atoms with Crippen LogP contribution in [0, 0.1) is 16.0 Å². The summed E-state index contributed by atoms with van der Waals surface area (Å²) in [6.07, 6.45) is 3.02. The lowest BCUT2D eigenvalue weighted by molar-refractivity contribution is -0.384. The Morgan fingerprint density at radius 3 is 2.55 bits per heavy atom. The minimum Gasteiger partial charge on any atom is -0.478 e. The van der Waals surface area contributed by atoms with Gasteiger partial charge in [0.05, 0.1) is 10.5 Å². The predicted molar refractivity (Wildman–Crippen MR) is 75.0 cm³/mol. The monoisotopic (exact) mass is 281 g/mol. The molecule has 0 amide bonds. The number of carboxylic acids is 1. The molecule has 0 aliphatic rings. The van der Waals surface area contributed by atoms with Crippen LogP contribution in [-0.4, -0.2) is 27.0 Å². The first-order valence-corrected chi connectivity index (χ1v) is 6.54. The molecule has 1 rings (SSSR count). The van der Waals surface area contributed by atoms with Crippen molar-refractivity contribution in [2.24, 2.45) is 5.92 Å². The third-order valence-corrected chi connectivity index (χ3v) is 3.43. The molecule has 0 fully saturated rings. The van der Waals surface area contributed by atoms with Crippen LogP contribution >= 0.6 is 0 Å². The molecular formula is C13H19N3O4. The number of aromatic nitrogens is 1. The van der Waals surface area contributed by atoms with Crippen molar-refractivity contribution < 1.29 is 14.8 Å². The van der Waals surface area contributed by atoms with Gasteiger partial charge in [0.15, 0.2) is 0 Å². The predicted octanol–water partition coefficient (Wildman–Crippen LogP) is 2.92. The average molecular weight is 281 g/mol. The summed E-state index contributed by atoms with van der Waals surface area (Å²) in [5.74, 6) is -0.754. The second-order valence-electron chi connectivity index (χ2n) is 4.66. The molecule has 2 N–H and O–H groups in total. The number of carboxylic acid groups (broad SMARTS) is 1. The normalized spacial score (nSPS) is 12.2. The second kappa shape index (κ2) is 6.83. The van der Waals surface area contributed by atoms with E-state index in [1.54, 1.807) is 0 Å². The van der Waals surface area contributed by atoms with Crippen molar-refractivity contribution in [3.63, 3.8) is 0 Å². The summed E-state index contributed by atoms with van der Waals surface area (Å²) in [6, 6.07) is 1.05. The summed E-state index contributed by atoms with van der Waals surface area (Å²) < 4.78 is 0. The molecule has 1 atom stereocenters. The summed E-state index contributed by atoms with van der Waals surface area (Å²) in [5.41, 5.74) is -0.514. The highest BCUT2D eigenvalue weighted by molar-refractivity contribution is 5.88. The first-order chi connectivity index (χ1) is 9.40. The number of nitrogens with zero attached hydrogens (tertiary/aromatic N) is 2. The molecule has 1 unspecified atom stereocenters. The summed E-state index contributed by atoms with van der Waals surface area (Å²) in [5, 5.41) is 22.9. The fraction of sp³-hybridized carbons (Fsp3) is 0.538. The molecule has 7 heteroatoms. The maximum absolute atomic E-state index is 11.0. The van der Waals surface area contributed by atoms with Crippen LogP contribution in [0.4, 0.5) is 11.5 Å². The van der Waals surface area contributed by atoms with Gasteiger partial charge < -0.3 is 10.4 Å². The quantitative estimate of drug-likeness (QED) is 0.588. The van der Waals surface area contributed by atoms with Gasteiger partial charge in [-0.1, -0.05) is 26.7 Å². The number of aromatic carboxylic acids is 1. The number of carbonyl (C=O) groups is 1. The number of anilines is 1. The average Bonchev–Trinajstić information content (AvgIpc) is 2.39. The van der Waals surface area contributed by atoms with Crippen molar-refractivity contribution in [3.05, 3.63) is 27.9 Å². The van der Waals surface area contributed by atoms with Crippen molar-refractivity contribution >= 4 is 17.5 Å². The number of pyridine rings is 1. The molecule has 1 heterocycles. The maximum atomic E-state index is 11.0. The SMILES string of the molecule is CCC(CC)C(C)Nc1ncc(C(=O)O)cc1[N+](=O)[O-]. The van der Waals surface area contributed by atoms with Crippen LogP contribution in [0.15, 0.2) is 12.3 Å². The molecule has 110 valence electrons. The van der Waals surface area contributed by atoms with E-state index in [1.807, 2.05) is 6.92 Å². The topological polar surface area (TPSA) is 105 Å². The van der Waals surface area contributed by atoms with Gasteiger partial charge in [-0.05, 0) is 12.8 Å². The largest absolute Gasteiger partial charge is 0.478 e. The van der Waals surface area contributed by atoms with Gasteiger partial charge in [0.1, 0.15) is 0 Å². The highest BCUT2D eigenvalue weighted by Gasteiger charge is 2.22. The van der Waals surface area contributed by atoms with E-state index in [2.05, 4.69) is 24.1 Å². The molecule has 0 aliphatic carbocycles. The Hall–Kier alpha value is -2.18. The first-order valence-electron chi connectivity index (χ1n) is 6.54. The van der Waals surface area contributed by atoms with Gasteiger partial charge in [0.25, 0.3) is 0 Å². The highest BCUT2D eigenvalue weighted by Crippen LogP contribution is 2.25. The third kappa shape index (κ3) is 3.66. The van der Waals surface area contributed by atoms with Crippen molar-refractivity contribution in [2.75, 3.05) is 5.32 Å². The van der Waals surface area contributed by atoms with Crippen LogP contribution in [-0.2, 0) is 0 Å². The number of hydrogen-bond donors (Lipinski definition) is 2. The Balaban J connectivity index is 3.06. The lowest BCUT2D eigenvalue weighted by Gasteiger charge is -2.22. The van der Waals surface area contributed by atoms with E-state index in [0.717, 1.165) is 25.1 Å². The van der Waals surface area contributed by atoms with E-state index in [9.17, 15) is 14.9 Å². The van der Waals surface area contributed by atoms with Gasteiger partial charge in [-0.2, -0.15) is 0 Å². The van der Waals surface area contributed by atoms with Gasteiger partial charge >= 0.3 is 11.7 Å². The Kier molecular flexibility index (Phi) is 5.42. The van der Waals surface area contributed by atoms with E-state index >= 15 is 0 Å². The van der Waals surface area contributed by atoms with Gasteiger partial charge in [0, 0.05) is 18.3 Å². The zero-order chi connectivity index (χ0) is 15.3. The molecule has 1 aromatic rings. The Morgan fingerprint density at radius 1 is 1.50 bits per heavy atom. The Bertz CT molecular complexity index is 500. The van der Waals surface area contributed by atoms with Crippen molar-refractivity contribution in [1.82, 2.24) is 4.98 Å². The molecule has 0 saturated heterocycles. The second-order valence-corrected chi connectivity index (χ2v) is 4.66. The third-order valence-electron chi connectivity index (χ3n) is 3.43. The Labute approximate surface area is 117 Å². The number of nitro groups is 1. The van der Waals surface area contributed by atoms with Crippen LogP contribution in [0.5, 0.6) is 0 Å². The molecule has 0 saturated carbocycles. The fourth-order valence-corrected chi connectivity index (χ4v) is 2.15. The number of nitrogens with one attached hydrogen (secondary N) is 1. The van der Waals surface area contributed by atoms with Crippen molar-refractivity contribution in [2.45, 2.75) is 39.7 Å². The van der Waals surface area contributed by atoms with E-state index < -0.39 is 10.9 Å². The van der Waals surface area contributed by atoms with Crippen LogP contribution in [0.25, 0.3) is 0 Å². The van der Waals surface area contributed by atoms with Crippen LogP contribution in [0.3, 0.4) is 0 Å². The minimum atomic E-state index is -1.24. The first kappa shape index (κ1) is 15.9. The number of hydrogen-bond acceptors (Lipinski definition) is 5. The molecule has 0 aromatic carbocycles. The van der Waals surface area contributed by atoms with Crippen LogP contribution < -0.4 is 5.32 Å². The molecule has 1 aromatic heterocycles. The minimum absolute atomic E-state index is 0.0203. The lowest BCUT2D eigenvalue weighted by Crippen LogP contribution is -2.26. The summed E-state index contributed by atoms with van der Waals surface area (Å²) >= 11 is 0. The van der Waals surface area contributed by atoms with E-state index in [4.69, 9.17) is 5.11 Å². The molecule has 0 radical (unpaired) electrons. The summed E-state index contributed by atoms with van der Waals surface area (Å²) in [6.45, 7) is 6.05. The van der Waals surface area contributed by atoms with Crippen LogP contribution in [0.2, 0.25) is 0 Å². The molecular weight excluding hydrogens is 262 g/mol. The molecule has 0 spiro atoms. The zero-order valence-electron chi connectivity index (χ0n) is 11.8. The van der Waals surface area contributed by atoms with Gasteiger partial charge in [-0.15, -0.1) is 0 Å². The van der Waals surface area contributed by atoms with Crippen LogP contribution in [0.1, 0.15) is 44.0 Å². The standard InChI is InChI=1S/C13H19N3O4/c1-4-9(5-2)8(3)15-12-11(16(19)20)6-10(7-14-12)13(17)18/h6-9H,4-5H2,1-3H3,(H,14,15)(H,17,18). The lowest BCUT2D eigenvalue weighted by atomic mass is 9.95. The van der Waals surface area contributed by atoms with Crippen molar-refractivity contribution in [1.29, 1.82) is 0 Å². The number of rotatable bonds is 7. The van der Waals surface area contributed by atoms with Gasteiger partial charge in [0.2, 0.25) is 5.82 Å². The van der Waals surface area contributed by atoms with Gasteiger partial charge in [-0.3, -0.25) is 10.1 Å². The Morgan fingerprint density at radius 2 is 2.10 bits per heavy atom. The molecule has 20 heavy (non-hydrogen) atoms. The van der Waals surface area contributed by atoms with Crippen molar-refractivity contribution in [3.8, 4) is 0 Å². The summed E-state index contributed by atoms with van der Waals surface area (Å²) in [7, 11) is 0. The fourth-order valence-electron chi connectivity index (χ4n) is 2.15. The smallest absolute Gasteiger partial charge is 0.337 e. The molecule has 0 bridgehead atoms. The summed E-state index contributed by atoms with van der Waals surface area (Å²) in [4.78, 5) is 25.1. The molecule has 0 aliphatic heterocycles. The highest BCUT2D eigenvalue weighted by atomic mass is 16.6. The molecule has 7 nitrogen and oxygen atoms in total. The zero-order valence-corrected chi connectivity index (χ0v) is 11.8. The van der Waals surface area contributed by atoms with E-state index in [0.29, 0.717) is 5.92 Å². The van der Waals surface area contributed by atoms with E-state index in [1.165, 1.54) is 0 Å². The van der Waals surface area contributed by atoms with Gasteiger partial charge in [-0.25, -0.2) is 9.78 Å². The van der Waals surface area contributed by atoms with E-state index in [-0.39, 0.29) is 23.1 Å². The maximum Gasteiger partial charge on any atom is 0.337 e.